The average Bonchev–Trinajstić information content (AvgIpc) is 2.83. The summed E-state index contributed by atoms with van der Waals surface area (Å²) < 4.78 is 22.5. The molecule has 4 aromatic rings. The third kappa shape index (κ3) is 4.70. The Balaban J connectivity index is 1.63. The highest BCUT2D eigenvalue weighted by Crippen LogP contribution is 2.33. The number of anilines is 1. The lowest BCUT2D eigenvalue weighted by atomic mass is 10.2. The molecule has 174 valence electrons. The smallest absolute Gasteiger partial charge is 0.343 e. The van der Waals surface area contributed by atoms with Gasteiger partial charge in [0.25, 0.3) is 0 Å². The summed E-state index contributed by atoms with van der Waals surface area (Å²) in [6.45, 7) is 3.87. The van der Waals surface area contributed by atoms with Gasteiger partial charge in [-0.2, -0.15) is 0 Å². The predicted molar refractivity (Wildman–Crippen MR) is 124 cm³/mol. The molecule has 0 aliphatic carbocycles. The molecule has 1 N–H and O–H groups in total. The monoisotopic (exact) mass is 462 g/mol. The van der Waals surface area contributed by atoms with Crippen molar-refractivity contribution in [3.8, 4) is 23.0 Å². The number of para-hydroxylation sites is 2. The van der Waals surface area contributed by atoms with Crippen molar-refractivity contribution in [1.29, 1.82) is 0 Å². The van der Waals surface area contributed by atoms with Crippen molar-refractivity contribution in [3.05, 3.63) is 93.5 Å². The van der Waals surface area contributed by atoms with Crippen LogP contribution in [0.3, 0.4) is 0 Å². The standard InChI is InChI=1S/C25H20NO8/c1-3-31-20-9-4-5-10-21(20)34-24-15(2)32-22-14-18(11-12-19(22)23(24)27)33-25(28)16-7-6-8-17(13-16)26(29)30/h4-14,29H,3H2,1-2H3/q-1. The van der Waals surface area contributed by atoms with Gasteiger partial charge in [0.05, 0.1) is 23.2 Å². The molecule has 9 heteroatoms. The van der Waals surface area contributed by atoms with Gasteiger partial charge in [-0.05, 0) is 56.3 Å². The van der Waals surface area contributed by atoms with Crippen molar-refractivity contribution < 1.29 is 28.6 Å². The molecular weight excluding hydrogens is 442 g/mol. The minimum Gasteiger partial charge on any atom is -0.733 e. The number of hydrogen-bond donors (Lipinski definition) is 1. The second kappa shape index (κ2) is 9.65. The van der Waals surface area contributed by atoms with Gasteiger partial charge in [-0.15, -0.1) is 0 Å². The molecule has 1 aromatic heterocycles. The van der Waals surface area contributed by atoms with Crippen LogP contribution in [0, 0.1) is 12.1 Å². The molecule has 0 spiro atoms. The number of carbonyl (C=O) groups excluding carboxylic acids is 1. The summed E-state index contributed by atoms with van der Waals surface area (Å²) in [4.78, 5) is 25.5. The van der Waals surface area contributed by atoms with Crippen LogP contribution in [0.1, 0.15) is 23.0 Å². The highest BCUT2D eigenvalue weighted by atomic mass is 16.8. The van der Waals surface area contributed by atoms with Crippen LogP contribution in [0.25, 0.3) is 11.0 Å². The number of fused-ring (bicyclic) bond motifs is 1. The normalized spacial score (nSPS) is 10.7. The highest BCUT2D eigenvalue weighted by Gasteiger charge is 2.17. The number of hydrogen-bond acceptors (Lipinski definition) is 9. The van der Waals surface area contributed by atoms with E-state index in [2.05, 4.69) is 0 Å². The second-order valence-electron chi connectivity index (χ2n) is 7.17. The summed E-state index contributed by atoms with van der Waals surface area (Å²) >= 11 is 0. The number of rotatable bonds is 7. The Morgan fingerprint density at radius 3 is 2.56 bits per heavy atom. The number of ether oxygens (including phenoxy) is 3. The second-order valence-corrected chi connectivity index (χ2v) is 7.17. The molecule has 0 bridgehead atoms. The van der Waals surface area contributed by atoms with Crippen molar-refractivity contribution in [2.75, 3.05) is 11.8 Å². The zero-order chi connectivity index (χ0) is 24.2. The van der Waals surface area contributed by atoms with E-state index in [-0.39, 0.29) is 44.7 Å². The first-order chi connectivity index (χ1) is 16.4. The molecule has 4 rings (SSSR count). The summed E-state index contributed by atoms with van der Waals surface area (Å²) in [5.74, 6) is 0.507. The molecule has 3 aromatic carbocycles. The molecular formula is C25H20NO8-. The van der Waals surface area contributed by atoms with E-state index in [0.717, 1.165) is 0 Å². The maximum atomic E-state index is 13.1. The third-order valence-corrected chi connectivity index (χ3v) is 4.86. The molecule has 0 saturated heterocycles. The van der Waals surface area contributed by atoms with Gasteiger partial charge >= 0.3 is 5.97 Å². The molecule has 0 saturated carbocycles. The summed E-state index contributed by atoms with van der Waals surface area (Å²) in [6.07, 6.45) is 0. The van der Waals surface area contributed by atoms with Crippen molar-refractivity contribution in [2.24, 2.45) is 0 Å². The first-order valence-corrected chi connectivity index (χ1v) is 10.3. The van der Waals surface area contributed by atoms with Crippen LogP contribution < -0.4 is 24.9 Å². The van der Waals surface area contributed by atoms with Crippen molar-refractivity contribution in [3.63, 3.8) is 0 Å². The van der Waals surface area contributed by atoms with E-state index >= 15 is 0 Å². The van der Waals surface area contributed by atoms with Gasteiger partial charge in [0, 0.05) is 6.07 Å². The number of nitrogens with zero attached hydrogens (tertiary/aromatic N) is 1. The lowest BCUT2D eigenvalue weighted by Gasteiger charge is -2.21. The molecule has 0 unspecified atom stereocenters. The number of carbonyl (C=O) groups is 1. The van der Waals surface area contributed by atoms with Crippen LogP contribution in [0.4, 0.5) is 5.69 Å². The third-order valence-electron chi connectivity index (χ3n) is 4.86. The van der Waals surface area contributed by atoms with Gasteiger partial charge in [-0.3, -0.25) is 10.0 Å². The maximum Gasteiger partial charge on any atom is 0.343 e. The van der Waals surface area contributed by atoms with Gasteiger partial charge in [-0.25, -0.2) is 4.79 Å². The lowest BCUT2D eigenvalue weighted by molar-refractivity contribution is 0.0735. The van der Waals surface area contributed by atoms with E-state index in [1.807, 2.05) is 6.92 Å². The van der Waals surface area contributed by atoms with Crippen molar-refractivity contribution in [2.45, 2.75) is 13.8 Å². The Labute approximate surface area is 193 Å². The van der Waals surface area contributed by atoms with E-state index in [9.17, 15) is 14.8 Å². The number of esters is 1. The summed E-state index contributed by atoms with van der Waals surface area (Å²) in [6, 6.07) is 16.7. The van der Waals surface area contributed by atoms with E-state index in [0.29, 0.717) is 18.1 Å². The minimum atomic E-state index is -0.755. The quantitative estimate of drug-likeness (QED) is 0.224. The minimum absolute atomic E-state index is 0.0207. The van der Waals surface area contributed by atoms with E-state index in [4.69, 9.17) is 23.8 Å². The molecule has 0 aliphatic heterocycles. The van der Waals surface area contributed by atoms with Gasteiger partial charge in [0.2, 0.25) is 11.2 Å². The largest absolute Gasteiger partial charge is 0.733 e. The topological polar surface area (TPSA) is 122 Å². The molecule has 0 aliphatic rings. The highest BCUT2D eigenvalue weighted by molar-refractivity contribution is 5.92. The number of benzene rings is 3. The Kier molecular flexibility index (Phi) is 6.48. The van der Waals surface area contributed by atoms with Crippen LogP contribution >= 0.6 is 0 Å². The fourth-order valence-corrected chi connectivity index (χ4v) is 3.29. The van der Waals surface area contributed by atoms with Crippen LogP contribution in [0.2, 0.25) is 0 Å². The van der Waals surface area contributed by atoms with E-state index < -0.39 is 11.4 Å². The molecule has 0 atom stereocenters. The molecule has 34 heavy (non-hydrogen) atoms. The Morgan fingerprint density at radius 1 is 1.06 bits per heavy atom. The summed E-state index contributed by atoms with van der Waals surface area (Å²) in [7, 11) is 0. The number of aryl methyl sites for hydroxylation is 1. The lowest BCUT2D eigenvalue weighted by Crippen LogP contribution is -2.12. The van der Waals surface area contributed by atoms with Crippen LogP contribution in [-0.2, 0) is 0 Å². The molecule has 9 nitrogen and oxygen atoms in total. The van der Waals surface area contributed by atoms with Gasteiger partial charge in [0.1, 0.15) is 17.1 Å². The molecule has 0 fully saturated rings. The van der Waals surface area contributed by atoms with E-state index in [1.54, 1.807) is 31.2 Å². The first-order valence-electron chi connectivity index (χ1n) is 10.3. The molecule has 1 heterocycles. The maximum absolute atomic E-state index is 13.1. The van der Waals surface area contributed by atoms with Crippen molar-refractivity contribution in [1.82, 2.24) is 0 Å². The summed E-state index contributed by atoms with van der Waals surface area (Å²) in [5, 5.41) is 19.9. The Hall–Kier alpha value is -4.34. The van der Waals surface area contributed by atoms with Crippen LogP contribution in [0.15, 0.2) is 75.9 Å². The first kappa shape index (κ1) is 22.8. The van der Waals surface area contributed by atoms with Crippen molar-refractivity contribution >= 4 is 22.6 Å². The zero-order valence-corrected chi connectivity index (χ0v) is 18.3. The molecule has 0 radical (unpaired) electrons. The zero-order valence-electron chi connectivity index (χ0n) is 18.3. The Bertz CT molecular complexity index is 1410. The van der Waals surface area contributed by atoms with Gasteiger partial charge in [-0.1, -0.05) is 18.2 Å². The van der Waals surface area contributed by atoms with Crippen LogP contribution in [-0.4, -0.2) is 17.8 Å². The van der Waals surface area contributed by atoms with Gasteiger partial charge < -0.3 is 29.1 Å². The Morgan fingerprint density at radius 2 is 1.82 bits per heavy atom. The van der Waals surface area contributed by atoms with Crippen LogP contribution in [0.5, 0.6) is 23.0 Å². The SMILES string of the molecule is CCOc1ccccc1Oc1c(C)oc2cc(OC(=O)c3cccc(N([O-])O)c3)ccc2c1=O. The fraction of sp³-hybridized carbons (Fsp3) is 0.120. The average molecular weight is 462 g/mol. The van der Waals surface area contributed by atoms with Gasteiger partial charge in [0.15, 0.2) is 11.5 Å². The summed E-state index contributed by atoms with van der Waals surface area (Å²) in [5.41, 5.74) is -0.253. The predicted octanol–water partition coefficient (Wildman–Crippen LogP) is 5.21. The van der Waals surface area contributed by atoms with E-state index in [1.165, 1.54) is 42.5 Å². The molecule has 0 amide bonds. The fourth-order valence-electron chi connectivity index (χ4n) is 3.29.